The van der Waals surface area contributed by atoms with Crippen molar-refractivity contribution in [1.29, 1.82) is 0 Å². The second-order valence-electron chi connectivity index (χ2n) is 8.65. The fourth-order valence-electron chi connectivity index (χ4n) is 3.90. The monoisotopic (exact) mass is 487 g/mol. The number of aryl methyl sites for hydroxylation is 2. The van der Waals surface area contributed by atoms with Crippen molar-refractivity contribution in [1.82, 2.24) is 29.5 Å². The van der Waals surface area contributed by atoms with Crippen molar-refractivity contribution >= 4 is 11.6 Å². The molecule has 0 radical (unpaired) electrons. The van der Waals surface area contributed by atoms with Gasteiger partial charge in [0.15, 0.2) is 17.3 Å². The number of anilines is 2. The Hall–Kier alpha value is -3.31. The third-order valence-electron chi connectivity index (χ3n) is 6.02. The average molecular weight is 488 g/mol. The molecule has 0 atom stereocenters. The molecular weight excluding hydrogens is 456 g/mol. The number of rotatable bonds is 10. The summed E-state index contributed by atoms with van der Waals surface area (Å²) in [5.41, 5.74) is 0.843. The molecule has 1 N–H and O–H groups in total. The van der Waals surface area contributed by atoms with Gasteiger partial charge in [0, 0.05) is 38.9 Å². The van der Waals surface area contributed by atoms with Gasteiger partial charge in [0.2, 0.25) is 5.95 Å². The van der Waals surface area contributed by atoms with Gasteiger partial charge in [0.05, 0.1) is 37.0 Å². The number of piperazine rings is 1. The number of halogens is 2. The van der Waals surface area contributed by atoms with E-state index in [2.05, 4.69) is 37.2 Å². The number of nitrogens with zero attached hydrogens (tertiary/aromatic N) is 6. The van der Waals surface area contributed by atoms with E-state index < -0.39 is 11.6 Å². The van der Waals surface area contributed by atoms with Crippen LogP contribution in [0, 0.1) is 18.6 Å². The molecular formula is C24H31F2N7O2. The van der Waals surface area contributed by atoms with Crippen LogP contribution in [-0.2, 0) is 13.2 Å². The summed E-state index contributed by atoms with van der Waals surface area (Å²) in [6, 6.07) is 1.31. The molecule has 1 aliphatic rings. The first-order valence-electron chi connectivity index (χ1n) is 11.6. The number of hydrogen-bond donors (Lipinski definition) is 1. The Labute approximate surface area is 203 Å². The largest absolute Gasteiger partial charge is 0.494 e. The van der Waals surface area contributed by atoms with E-state index in [-0.39, 0.29) is 29.2 Å². The van der Waals surface area contributed by atoms with Gasteiger partial charge in [-0.1, -0.05) is 0 Å². The lowest BCUT2D eigenvalue weighted by molar-refractivity contribution is 0.151. The van der Waals surface area contributed by atoms with Crippen molar-refractivity contribution in [3.8, 4) is 11.5 Å². The quantitative estimate of drug-likeness (QED) is 0.467. The maximum absolute atomic E-state index is 14.4. The van der Waals surface area contributed by atoms with Gasteiger partial charge in [-0.25, -0.2) is 18.7 Å². The molecule has 3 heterocycles. The zero-order valence-electron chi connectivity index (χ0n) is 20.3. The predicted molar refractivity (Wildman–Crippen MR) is 128 cm³/mol. The minimum Gasteiger partial charge on any atom is -0.494 e. The Morgan fingerprint density at radius 1 is 1.03 bits per heavy atom. The van der Waals surface area contributed by atoms with Crippen molar-refractivity contribution in [3.05, 3.63) is 53.6 Å². The zero-order chi connectivity index (χ0) is 24.8. The smallest absolute Gasteiger partial charge is 0.227 e. The molecule has 1 aromatic carbocycles. The van der Waals surface area contributed by atoms with E-state index >= 15 is 0 Å². The molecule has 188 valence electrons. The maximum Gasteiger partial charge on any atom is 0.227 e. The standard InChI is InChI=1S/C24H31F2N7O2/c1-17-11-21(34-3)23(26)20(22(17)25)16-35-19-13-27-24(28-14-19)30-18-12-29-33(15-18)6-4-5-32-9-7-31(2)8-10-32/h11-15H,4-10,16H2,1-3H3,(H,27,28,30). The number of benzene rings is 1. The Balaban J connectivity index is 1.26. The Bertz CT molecular complexity index is 1120. The number of nitrogens with one attached hydrogen (secondary N) is 1. The van der Waals surface area contributed by atoms with Crippen LogP contribution in [0.3, 0.4) is 0 Å². The van der Waals surface area contributed by atoms with Gasteiger partial charge in [0.25, 0.3) is 0 Å². The van der Waals surface area contributed by atoms with Crippen molar-refractivity contribution in [2.24, 2.45) is 0 Å². The van der Waals surface area contributed by atoms with Crippen LogP contribution in [0.25, 0.3) is 0 Å². The fourth-order valence-corrected chi connectivity index (χ4v) is 3.90. The number of likely N-dealkylation sites (N-methyl/N-ethyl adjacent to an activating group) is 1. The van der Waals surface area contributed by atoms with E-state index in [1.54, 1.807) is 13.1 Å². The van der Waals surface area contributed by atoms with Gasteiger partial charge in [-0.2, -0.15) is 5.10 Å². The van der Waals surface area contributed by atoms with Crippen LogP contribution in [0.4, 0.5) is 20.4 Å². The van der Waals surface area contributed by atoms with Crippen LogP contribution < -0.4 is 14.8 Å². The molecule has 1 aliphatic heterocycles. The normalized spacial score (nSPS) is 14.8. The highest BCUT2D eigenvalue weighted by Gasteiger charge is 2.18. The van der Waals surface area contributed by atoms with E-state index in [0.29, 0.717) is 5.95 Å². The fraction of sp³-hybridized carbons (Fsp3) is 0.458. The molecule has 35 heavy (non-hydrogen) atoms. The third kappa shape index (κ3) is 6.43. The van der Waals surface area contributed by atoms with E-state index in [0.717, 1.165) is 51.4 Å². The van der Waals surface area contributed by atoms with Crippen LogP contribution in [0.15, 0.2) is 30.9 Å². The summed E-state index contributed by atoms with van der Waals surface area (Å²) in [4.78, 5) is 13.3. The summed E-state index contributed by atoms with van der Waals surface area (Å²) in [6.45, 7) is 7.59. The van der Waals surface area contributed by atoms with E-state index in [9.17, 15) is 8.78 Å². The van der Waals surface area contributed by atoms with E-state index in [4.69, 9.17) is 9.47 Å². The third-order valence-corrected chi connectivity index (χ3v) is 6.02. The lowest BCUT2D eigenvalue weighted by Crippen LogP contribution is -2.44. The van der Waals surface area contributed by atoms with Gasteiger partial charge in [-0.15, -0.1) is 0 Å². The molecule has 0 aliphatic carbocycles. The molecule has 0 bridgehead atoms. The highest BCUT2D eigenvalue weighted by molar-refractivity contribution is 5.50. The highest BCUT2D eigenvalue weighted by atomic mass is 19.1. The van der Waals surface area contributed by atoms with Crippen LogP contribution in [-0.4, -0.2) is 76.4 Å². The molecule has 4 rings (SSSR count). The minimum absolute atomic E-state index is 0.0295. The van der Waals surface area contributed by atoms with Crippen LogP contribution in [0.1, 0.15) is 17.5 Å². The van der Waals surface area contributed by atoms with E-state index in [1.165, 1.54) is 25.6 Å². The molecule has 3 aromatic rings. The van der Waals surface area contributed by atoms with Gasteiger partial charge in [-0.3, -0.25) is 4.68 Å². The molecule has 1 saturated heterocycles. The number of hydrogen-bond acceptors (Lipinski definition) is 8. The first kappa shape index (κ1) is 24.8. The second-order valence-corrected chi connectivity index (χ2v) is 8.65. The number of methoxy groups -OCH3 is 1. The van der Waals surface area contributed by atoms with Gasteiger partial charge >= 0.3 is 0 Å². The molecule has 0 amide bonds. The second kappa shape index (κ2) is 11.4. The lowest BCUT2D eigenvalue weighted by atomic mass is 10.1. The molecule has 1 fully saturated rings. The molecule has 0 spiro atoms. The summed E-state index contributed by atoms with van der Waals surface area (Å²) in [7, 11) is 3.49. The summed E-state index contributed by atoms with van der Waals surface area (Å²) >= 11 is 0. The van der Waals surface area contributed by atoms with Crippen molar-refractivity contribution in [2.75, 3.05) is 52.2 Å². The van der Waals surface area contributed by atoms with Crippen molar-refractivity contribution in [2.45, 2.75) is 26.5 Å². The molecule has 11 heteroatoms. The SMILES string of the molecule is COc1cc(C)c(F)c(COc2cnc(Nc3cnn(CCCN4CCN(C)CC4)c3)nc2)c1F. The molecule has 0 saturated carbocycles. The Kier molecular flexibility index (Phi) is 8.09. The molecule has 2 aromatic heterocycles. The highest BCUT2D eigenvalue weighted by Crippen LogP contribution is 2.27. The minimum atomic E-state index is -0.782. The number of aromatic nitrogens is 4. The summed E-state index contributed by atoms with van der Waals surface area (Å²) in [5, 5.41) is 7.49. The summed E-state index contributed by atoms with van der Waals surface area (Å²) in [5.74, 6) is -0.824. The van der Waals surface area contributed by atoms with Crippen LogP contribution in [0.2, 0.25) is 0 Å². The van der Waals surface area contributed by atoms with E-state index in [1.807, 2.05) is 10.9 Å². The van der Waals surface area contributed by atoms with Crippen molar-refractivity contribution < 1.29 is 18.3 Å². The molecule has 9 nitrogen and oxygen atoms in total. The van der Waals surface area contributed by atoms with Crippen molar-refractivity contribution in [3.63, 3.8) is 0 Å². The predicted octanol–water partition coefficient (Wildman–Crippen LogP) is 3.23. The van der Waals surface area contributed by atoms with Gasteiger partial charge < -0.3 is 24.6 Å². The van der Waals surface area contributed by atoms with Crippen LogP contribution in [0.5, 0.6) is 11.5 Å². The summed E-state index contributed by atoms with van der Waals surface area (Å²) in [6.07, 6.45) is 7.55. The average Bonchev–Trinajstić information content (AvgIpc) is 3.30. The van der Waals surface area contributed by atoms with Gasteiger partial charge in [0.1, 0.15) is 12.4 Å². The number of ether oxygens (including phenoxy) is 2. The maximum atomic E-state index is 14.4. The summed E-state index contributed by atoms with van der Waals surface area (Å²) < 4.78 is 41.1. The first-order chi connectivity index (χ1) is 16.9. The lowest BCUT2D eigenvalue weighted by Gasteiger charge is -2.32. The van der Waals surface area contributed by atoms with Gasteiger partial charge in [-0.05, 0) is 38.6 Å². The Morgan fingerprint density at radius 3 is 2.49 bits per heavy atom. The molecule has 0 unspecified atom stereocenters. The topological polar surface area (TPSA) is 80.6 Å². The Morgan fingerprint density at radius 2 is 1.77 bits per heavy atom. The zero-order valence-corrected chi connectivity index (χ0v) is 20.3. The van der Waals surface area contributed by atoms with Crippen LogP contribution >= 0.6 is 0 Å². The first-order valence-corrected chi connectivity index (χ1v) is 11.6.